The summed E-state index contributed by atoms with van der Waals surface area (Å²) in [4.78, 5) is 2.09. The lowest BCUT2D eigenvalue weighted by atomic mass is 10.3. The van der Waals surface area contributed by atoms with E-state index in [1.807, 2.05) is 4.90 Å². The number of rotatable bonds is 3. The van der Waals surface area contributed by atoms with E-state index in [-0.39, 0.29) is 4.90 Å². The number of nitrogens with zero attached hydrogens (tertiary/aromatic N) is 4. The number of hydrogen-bond donors (Lipinski definition) is 0. The van der Waals surface area contributed by atoms with Crippen molar-refractivity contribution in [2.75, 3.05) is 44.3 Å². The molecule has 3 heterocycles. The zero-order valence-electron chi connectivity index (χ0n) is 13.7. The number of hydrogen-bond acceptors (Lipinski definition) is 8. The van der Waals surface area contributed by atoms with Gasteiger partial charge in [-0.05, 0) is 12.1 Å². The second kappa shape index (κ2) is 6.19. The Bertz CT molecular complexity index is 874. The lowest BCUT2D eigenvalue weighted by molar-refractivity contribution is 0.171. The van der Waals surface area contributed by atoms with Crippen molar-refractivity contribution in [3.05, 3.63) is 24.1 Å². The minimum Gasteiger partial charge on any atom is -0.486 e. The maximum Gasteiger partial charge on any atom is 0.318 e. The molecular formula is C15H18N4O5S. The first-order chi connectivity index (χ1) is 12.0. The fourth-order valence-corrected chi connectivity index (χ4v) is 4.31. The highest BCUT2D eigenvalue weighted by Gasteiger charge is 2.31. The molecule has 9 nitrogen and oxygen atoms in total. The van der Waals surface area contributed by atoms with E-state index < -0.39 is 10.0 Å². The van der Waals surface area contributed by atoms with Gasteiger partial charge in [-0.25, -0.2) is 8.42 Å². The van der Waals surface area contributed by atoms with Gasteiger partial charge >= 0.3 is 6.01 Å². The molecule has 0 aliphatic carbocycles. The molecule has 25 heavy (non-hydrogen) atoms. The number of aromatic nitrogens is 2. The number of aryl methyl sites for hydroxylation is 1. The molecule has 2 aromatic rings. The van der Waals surface area contributed by atoms with Crippen molar-refractivity contribution in [2.24, 2.45) is 0 Å². The Kier molecular flexibility index (Phi) is 4.00. The Morgan fingerprint density at radius 2 is 1.72 bits per heavy atom. The van der Waals surface area contributed by atoms with Crippen molar-refractivity contribution >= 4 is 16.0 Å². The van der Waals surface area contributed by atoms with Crippen LogP contribution in [-0.4, -0.2) is 62.3 Å². The second-order valence-electron chi connectivity index (χ2n) is 5.80. The van der Waals surface area contributed by atoms with Gasteiger partial charge in [-0.2, -0.15) is 4.31 Å². The van der Waals surface area contributed by atoms with Crippen LogP contribution in [-0.2, 0) is 10.0 Å². The van der Waals surface area contributed by atoms with Crippen LogP contribution in [0.2, 0.25) is 0 Å². The first-order valence-corrected chi connectivity index (χ1v) is 9.43. The standard InChI is InChI=1S/C15H18N4O5S/c1-11-16-17-15(24-11)18-4-6-19(7-5-18)25(20,21)12-2-3-13-14(10-12)23-9-8-22-13/h2-3,10H,4-9H2,1H3. The van der Waals surface area contributed by atoms with Crippen LogP contribution in [0.1, 0.15) is 5.89 Å². The molecule has 10 heteroatoms. The number of benzene rings is 1. The van der Waals surface area contributed by atoms with Gasteiger partial charge in [0.25, 0.3) is 0 Å². The summed E-state index contributed by atoms with van der Waals surface area (Å²) >= 11 is 0. The number of sulfonamides is 1. The number of piperazine rings is 1. The predicted molar refractivity (Wildman–Crippen MR) is 87.4 cm³/mol. The zero-order chi connectivity index (χ0) is 17.4. The summed E-state index contributed by atoms with van der Waals surface area (Å²) in [6.45, 7) is 4.28. The highest BCUT2D eigenvalue weighted by molar-refractivity contribution is 7.89. The molecule has 0 unspecified atom stereocenters. The van der Waals surface area contributed by atoms with Crippen molar-refractivity contribution in [3.8, 4) is 11.5 Å². The summed E-state index contributed by atoms with van der Waals surface area (Å²) in [6.07, 6.45) is 0. The summed E-state index contributed by atoms with van der Waals surface area (Å²) in [5.74, 6) is 1.52. The normalized spacial score (nSPS) is 18.4. The van der Waals surface area contributed by atoms with E-state index in [9.17, 15) is 8.42 Å². The molecule has 1 aromatic heterocycles. The van der Waals surface area contributed by atoms with E-state index >= 15 is 0 Å². The van der Waals surface area contributed by atoms with Crippen LogP contribution < -0.4 is 14.4 Å². The molecule has 0 saturated carbocycles. The number of ether oxygens (including phenoxy) is 2. The zero-order valence-corrected chi connectivity index (χ0v) is 14.5. The predicted octanol–water partition coefficient (Wildman–Crippen LogP) is 0.660. The lowest BCUT2D eigenvalue weighted by Crippen LogP contribution is -2.48. The SMILES string of the molecule is Cc1nnc(N2CCN(S(=O)(=O)c3ccc4c(c3)OCCO4)CC2)o1. The van der Waals surface area contributed by atoms with Gasteiger partial charge < -0.3 is 18.8 Å². The Labute approximate surface area is 145 Å². The smallest absolute Gasteiger partial charge is 0.318 e. The minimum absolute atomic E-state index is 0.207. The van der Waals surface area contributed by atoms with E-state index in [4.69, 9.17) is 13.9 Å². The van der Waals surface area contributed by atoms with Crippen LogP contribution in [0, 0.1) is 6.92 Å². The Hall–Kier alpha value is -2.33. The summed E-state index contributed by atoms with van der Waals surface area (Å²) in [7, 11) is -3.59. The minimum atomic E-state index is -3.59. The molecule has 4 rings (SSSR count). The maximum absolute atomic E-state index is 12.9. The van der Waals surface area contributed by atoms with Gasteiger partial charge in [-0.1, -0.05) is 5.10 Å². The highest BCUT2D eigenvalue weighted by atomic mass is 32.2. The average molecular weight is 366 g/mol. The van der Waals surface area contributed by atoms with Crippen molar-refractivity contribution in [3.63, 3.8) is 0 Å². The van der Waals surface area contributed by atoms with Gasteiger partial charge in [-0.15, -0.1) is 5.10 Å². The van der Waals surface area contributed by atoms with Crippen molar-refractivity contribution in [1.82, 2.24) is 14.5 Å². The van der Waals surface area contributed by atoms with Crippen LogP contribution in [0.15, 0.2) is 27.5 Å². The van der Waals surface area contributed by atoms with Gasteiger partial charge in [0.05, 0.1) is 4.90 Å². The van der Waals surface area contributed by atoms with Gasteiger partial charge in [0.1, 0.15) is 13.2 Å². The molecule has 134 valence electrons. The van der Waals surface area contributed by atoms with Crippen molar-refractivity contribution in [2.45, 2.75) is 11.8 Å². The molecule has 1 saturated heterocycles. The number of anilines is 1. The summed E-state index contributed by atoms with van der Waals surface area (Å²) in [5, 5.41) is 7.78. The molecule has 0 amide bonds. The molecule has 2 aliphatic heterocycles. The monoisotopic (exact) mass is 366 g/mol. The molecule has 0 radical (unpaired) electrons. The third-order valence-electron chi connectivity index (χ3n) is 4.18. The Morgan fingerprint density at radius 3 is 2.40 bits per heavy atom. The quantitative estimate of drug-likeness (QED) is 0.781. The van der Waals surface area contributed by atoms with E-state index in [1.54, 1.807) is 19.1 Å². The largest absolute Gasteiger partial charge is 0.486 e. The maximum atomic E-state index is 12.9. The molecule has 2 aliphatic rings. The molecule has 0 N–H and O–H groups in total. The van der Waals surface area contributed by atoms with Crippen LogP contribution in [0.5, 0.6) is 11.5 Å². The lowest BCUT2D eigenvalue weighted by Gasteiger charge is -2.33. The van der Waals surface area contributed by atoms with Crippen LogP contribution in [0.4, 0.5) is 6.01 Å². The molecule has 0 spiro atoms. The van der Waals surface area contributed by atoms with Gasteiger partial charge in [0.2, 0.25) is 15.9 Å². The fraction of sp³-hybridized carbons (Fsp3) is 0.467. The summed E-state index contributed by atoms with van der Waals surface area (Å²) in [5.41, 5.74) is 0. The van der Waals surface area contributed by atoms with Gasteiger partial charge in [0.15, 0.2) is 11.5 Å². The Morgan fingerprint density at radius 1 is 1.00 bits per heavy atom. The van der Waals surface area contributed by atoms with Gasteiger partial charge in [-0.3, -0.25) is 0 Å². The Balaban J connectivity index is 1.50. The van der Waals surface area contributed by atoms with E-state index in [0.717, 1.165) is 0 Å². The molecular weight excluding hydrogens is 348 g/mol. The van der Waals surface area contributed by atoms with E-state index in [2.05, 4.69) is 10.2 Å². The fourth-order valence-electron chi connectivity index (χ4n) is 2.87. The average Bonchev–Trinajstić information content (AvgIpc) is 3.08. The molecule has 1 fully saturated rings. The molecule has 0 atom stereocenters. The van der Waals surface area contributed by atoms with E-state index in [1.165, 1.54) is 10.4 Å². The van der Waals surface area contributed by atoms with E-state index in [0.29, 0.717) is 62.8 Å². The number of fused-ring (bicyclic) bond motifs is 1. The molecule has 0 bridgehead atoms. The van der Waals surface area contributed by atoms with Crippen LogP contribution in [0.3, 0.4) is 0 Å². The third kappa shape index (κ3) is 3.02. The van der Waals surface area contributed by atoms with Crippen LogP contribution in [0.25, 0.3) is 0 Å². The first kappa shape index (κ1) is 16.2. The second-order valence-corrected chi connectivity index (χ2v) is 7.74. The topological polar surface area (TPSA) is 98.0 Å². The summed E-state index contributed by atoms with van der Waals surface area (Å²) < 4.78 is 43.5. The summed E-state index contributed by atoms with van der Waals surface area (Å²) in [6, 6.07) is 5.14. The first-order valence-electron chi connectivity index (χ1n) is 7.99. The third-order valence-corrected chi connectivity index (χ3v) is 6.07. The van der Waals surface area contributed by atoms with Crippen LogP contribution >= 0.6 is 0 Å². The highest BCUT2D eigenvalue weighted by Crippen LogP contribution is 2.33. The van der Waals surface area contributed by atoms with Crippen molar-refractivity contribution < 1.29 is 22.3 Å². The molecule has 1 aromatic carbocycles. The van der Waals surface area contributed by atoms with Gasteiger partial charge in [0, 0.05) is 39.2 Å². The van der Waals surface area contributed by atoms with Crippen molar-refractivity contribution in [1.29, 1.82) is 0 Å².